The molecular formula is C21H25F2N5O2. The third-order valence-electron chi connectivity index (χ3n) is 4.69. The van der Waals surface area contributed by atoms with Crippen LogP contribution in [0.25, 0.3) is 0 Å². The Kier molecular flexibility index (Phi) is 7.05. The van der Waals surface area contributed by atoms with Gasteiger partial charge in [-0.1, -0.05) is 0 Å². The first-order chi connectivity index (χ1) is 14.5. The molecule has 160 valence electrons. The lowest BCUT2D eigenvalue weighted by molar-refractivity contribution is -0.114. The van der Waals surface area contributed by atoms with E-state index in [0.717, 1.165) is 12.1 Å². The van der Waals surface area contributed by atoms with Crippen molar-refractivity contribution in [1.29, 1.82) is 0 Å². The number of hydrogen-bond donors (Lipinski definition) is 3. The zero-order valence-corrected chi connectivity index (χ0v) is 16.7. The number of halogens is 2. The van der Waals surface area contributed by atoms with Gasteiger partial charge in [0.15, 0.2) is 5.96 Å². The minimum atomic E-state index is -0.469. The van der Waals surface area contributed by atoms with Crippen LogP contribution in [0.4, 0.5) is 20.2 Å². The molecule has 0 saturated carbocycles. The van der Waals surface area contributed by atoms with Gasteiger partial charge < -0.3 is 25.5 Å². The number of anilines is 2. The Morgan fingerprint density at radius 3 is 2.47 bits per heavy atom. The van der Waals surface area contributed by atoms with Gasteiger partial charge in [0.1, 0.15) is 23.9 Å². The van der Waals surface area contributed by atoms with Crippen LogP contribution in [0.3, 0.4) is 0 Å². The van der Waals surface area contributed by atoms with Gasteiger partial charge in [0.05, 0.1) is 5.69 Å². The van der Waals surface area contributed by atoms with Crippen LogP contribution in [0.1, 0.15) is 6.92 Å². The molecule has 0 atom stereocenters. The van der Waals surface area contributed by atoms with Gasteiger partial charge in [0, 0.05) is 44.5 Å². The van der Waals surface area contributed by atoms with Crippen LogP contribution in [0.2, 0.25) is 0 Å². The van der Waals surface area contributed by atoms with Crippen molar-refractivity contribution >= 4 is 23.2 Å². The summed E-state index contributed by atoms with van der Waals surface area (Å²) in [6.45, 7) is 4.63. The van der Waals surface area contributed by atoms with Gasteiger partial charge in [-0.25, -0.2) is 13.8 Å². The molecule has 2 aromatic carbocycles. The van der Waals surface area contributed by atoms with E-state index in [-0.39, 0.29) is 23.9 Å². The number of nitrogens with one attached hydrogen (secondary N) is 2. The number of benzene rings is 2. The van der Waals surface area contributed by atoms with E-state index >= 15 is 0 Å². The average molecular weight is 417 g/mol. The van der Waals surface area contributed by atoms with Crippen LogP contribution in [-0.2, 0) is 4.79 Å². The summed E-state index contributed by atoms with van der Waals surface area (Å²) in [6, 6.07) is 9.63. The Bertz CT molecular complexity index is 897. The van der Waals surface area contributed by atoms with E-state index in [1.165, 1.54) is 18.2 Å². The number of phenolic OH excluding ortho intramolecular Hbond substituents is 1. The maximum absolute atomic E-state index is 14.0. The molecule has 3 rings (SSSR count). The van der Waals surface area contributed by atoms with E-state index in [1.54, 1.807) is 17.0 Å². The van der Waals surface area contributed by atoms with Gasteiger partial charge in [0.2, 0.25) is 5.91 Å². The number of guanidine groups is 1. The fourth-order valence-corrected chi connectivity index (χ4v) is 3.21. The summed E-state index contributed by atoms with van der Waals surface area (Å²) in [4.78, 5) is 20.4. The van der Waals surface area contributed by atoms with Gasteiger partial charge in [-0.05, 0) is 43.3 Å². The molecule has 3 N–H and O–H groups in total. The fourth-order valence-electron chi connectivity index (χ4n) is 3.21. The van der Waals surface area contributed by atoms with E-state index in [1.807, 2.05) is 11.8 Å². The fraction of sp³-hybridized carbons (Fsp3) is 0.333. The van der Waals surface area contributed by atoms with Crippen LogP contribution in [0.15, 0.2) is 47.5 Å². The van der Waals surface area contributed by atoms with Crippen LogP contribution < -0.4 is 15.5 Å². The maximum atomic E-state index is 14.0. The predicted octanol–water partition coefficient (Wildman–Crippen LogP) is 2.40. The molecule has 0 bridgehead atoms. The van der Waals surface area contributed by atoms with Crippen molar-refractivity contribution in [3.63, 3.8) is 0 Å². The summed E-state index contributed by atoms with van der Waals surface area (Å²) in [7, 11) is 0. The number of amides is 1. The number of piperazine rings is 1. The molecule has 1 heterocycles. The number of aliphatic imine (C=N–C) groups is 1. The van der Waals surface area contributed by atoms with E-state index in [4.69, 9.17) is 0 Å². The molecule has 0 spiro atoms. The Hall–Kier alpha value is -3.36. The van der Waals surface area contributed by atoms with E-state index in [0.29, 0.717) is 44.4 Å². The van der Waals surface area contributed by atoms with Crippen LogP contribution in [0, 0.1) is 11.6 Å². The first-order valence-corrected chi connectivity index (χ1v) is 9.78. The zero-order chi connectivity index (χ0) is 21.5. The molecule has 1 aliphatic rings. The van der Waals surface area contributed by atoms with E-state index in [9.17, 15) is 18.7 Å². The number of nitrogens with zero attached hydrogens (tertiary/aromatic N) is 3. The smallest absolute Gasteiger partial charge is 0.246 e. The van der Waals surface area contributed by atoms with Crippen molar-refractivity contribution in [2.45, 2.75) is 6.92 Å². The molecule has 0 aliphatic carbocycles. The number of aromatic hydroxyl groups is 1. The Morgan fingerprint density at radius 1 is 1.10 bits per heavy atom. The number of hydrogen-bond acceptors (Lipinski definition) is 4. The number of phenols is 1. The van der Waals surface area contributed by atoms with Crippen molar-refractivity contribution < 1.29 is 18.7 Å². The molecular weight excluding hydrogens is 392 g/mol. The monoisotopic (exact) mass is 417 g/mol. The predicted molar refractivity (Wildman–Crippen MR) is 113 cm³/mol. The Balaban J connectivity index is 1.58. The van der Waals surface area contributed by atoms with Gasteiger partial charge in [-0.2, -0.15) is 0 Å². The van der Waals surface area contributed by atoms with Crippen molar-refractivity contribution in [2.24, 2.45) is 4.99 Å². The van der Waals surface area contributed by atoms with E-state index in [2.05, 4.69) is 15.6 Å². The van der Waals surface area contributed by atoms with Crippen molar-refractivity contribution in [3.8, 4) is 5.75 Å². The van der Waals surface area contributed by atoms with Gasteiger partial charge >= 0.3 is 0 Å². The quantitative estimate of drug-likeness (QED) is 0.396. The highest BCUT2D eigenvalue weighted by Gasteiger charge is 2.22. The third kappa shape index (κ3) is 5.59. The van der Waals surface area contributed by atoms with E-state index < -0.39 is 11.6 Å². The van der Waals surface area contributed by atoms with Crippen molar-refractivity contribution in [2.75, 3.05) is 49.5 Å². The maximum Gasteiger partial charge on any atom is 0.246 e. The minimum Gasteiger partial charge on any atom is -0.508 e. The first-order valence-electron chi connectivity index (χ1n) is 9.78. The molecule has 0 aromatic heterocycles. The Morgan fingerprint density at radius 2 is 1.80 bits per heavy atom. The lowest BCUT2D eigenvalue weighted by Gasteiger charge is -2.37. The topological polar surface area (TPSA) is 80.2 Å². The van der Waals surface area contributed by atoms with Gasteiger partial charge in [-0.3, -0.25) is 4.79 Å². The van der Waals surface area contributed by atoms with Crippen molar-refractivity contribution in [1.82, 2.24) is 10.2 Å². The molecule has 0 radical (unpaired) electrons. The van der Waals surface area contributed by atoms with Crippen LogP contribution in [0.5, 0.6) is 5.75 Å². The molecule has 1 fully saturated rings. The highest BCUT2D eigenvalue weighted by Crippen LogP contribution is 2.22. The highest BCUT2D eigenvalue weighted by atomic mass is 19.1. The summed E-state index contributed by atoms with van der Waals surface area (Å²) in [6.07, 6.45) is 0. The van der Waals surface area contributed by atoms with Crippen LogP contribution in [-0.4, -0.2) is 61.1 Å². The SMILES string of the molecule is CCNC(=NCC(=O)Nc1ccc(O)cc1)N1CCN(c2cc(F)ccc2F)CC1. The largest absolute Gasteiger partial charge is 0.508 e. The summed E-state index contributed by atoms with van der Waals surface area (Å²) in [5.74, 6) is -0.480. The van der Waals surface area contributed by atoms with Crippen LogP contribution >= 0.6 is 0 Å². The second kappa shape index (κ2) is 9.91. The standard InChI is InChI=1S/C21H25F2N5O2/c1-2-24-21(25-14-20(30)26-16-4-6-17(29)7-5-16)28-11-9-27(10-12-28)19-13-15(22)3-8-18(19)23/h3-8,13,29H,2,9-12,14H2,1H3,(H,24,25)(H,26,30). The lowest BCUT2D eigenvalue weighted by atomic mass is 10.2. The second-order valence-electron chi connectivity index (χ2n) is 6.84. The lowest BCUT2D eigenvalue weighted by Crippen LogP contribution is -2.53. The van der Waals surface area contributed by atoms with Gasteiger partial charge in [-0.15, -0.1) is 0 Å². The number of rotatable bonds is 5. The zero-order valence-electron chi connectivity index (χ0n) is 16.7. The molecule has 0 unspecified atom stereocenters. The first kappa shape index (κ1) is 21.4. The molecule has 9 heteroatoms. The molecule has 2 aromatic rings. The number of carbonyl (C=O) groups is 1. The average Bonchev–Trinajstić information content (AvgIpc) is 2.75. The summed E-state index contributed by atoms with van der Waals surface area (Å²) in [5.41, 5.74) is 0.827. The van der Waals surface area contributed by atoms with Crippen molar-refractivity contribution in [3.05, 3.63) is 54.1 Å². The van der Waals surface area contributed by atoms with Gasteiger partial charge in [0.25, 0.3) is 0 Å². The normalized spacial score (nSPS) is 14.6. The summed E-state index contributed by atoms with van der Waals surface area (Å²) < 4.78 is 27.5. The molecule has 30 heavy (non-hydrogen) atoms. The molecule has 1 aliphatic heterocycles. The molecule has 1 saturated heterocycles. The number of carbonyl (C=O) groups excluding carboxylic acids is 1. The second-order valence-corrected chi connectivity index (χ2v) is 6.84. The summed E-state index contributed by atoms with van der Waals surface area (Å²) in [5, 5.41) is 15.2. The summed E-state index contributed by atoms with van der Waals surface area (Å²) >= 11 is 0. The molecule has 7 nitrogen and oxygen atoms in total. The highest BCUT2D eigenvalue weighted by molar-refractivity contribution is 5.94. The third-order valence-corrected chi connectivity index (χ3v) is 4.69. The Labute approximate surface area is 174 Å². The molecule has 1 amide bonds. The minimum absolute atomic E-state index is 0.0675.